The molecule has 2 amide bonds. The SMILES string of the molecule is CCCC[C@H](C)C(=O)N(C)C1CC=CCOC[C@@H](c2ccccc2)NC[C@@H](O)[C@H](Cc2cc(F)cc(F)c2)NC1=O. The van der Waals surface area contributed by atoms with Crippen molar-refractivity contribution in [3.8, 4) is 0 Å². The maximum atomic E-state index is 14.0. The molecule has 0 spiro atoms. The van der Waals surface area contributed by atoms with Gasteiger partial charge in [0.15, 0.2) is 0 Å². The molecule has 41 heavy (non-hydrogen) atoms. The molecule has 1 aliphatic heterocycles. The highest BCUT2D eigenvalue weighted by Gasteiger charge is 2.32. The number of aliphatic hydroxyl groups is 1. The molecule has 7 nitrogen and oxygen atoms in total. The average Bonchev–Trinajstić information content (AvgIpc) is 2.95. The van der Waals surface area contributed by atoms with Crippen molar-refractivity contribution in [2.45, 2.75) is 70.2 Å². The van der Waals surface area contributed by atoms with E-state index in [1.54, 1.807) is 7.05 Å². The molecule has 0 saturated carbocycles. The van der Waals surface area contributed by atoms with E-state index in [-0.39, 0.29) is 37.3 Å². The van der Waals surface area contributed by atoms with Crippen molar-refractivity contribution in [2.24, 2.45) is 5.92 Å². The van der Waals surface area contributed by atoms with Gasteiger partial charge in [-0.05, 0) is 42.5 Å². The van der Waals surface area contributed by atoms with Crippen LogP contribution in [0.15, 0.2) is 60.7 Å². The highest BCUT2D eigenvalue weighted by atomic mass is 19.1. The van der Waals surface area contributed by atoms with Crippen LogP contribution in [0.5, 0.6) is 0 Å². The lowest BCUT2D eigenvalue weighted by atomic mass is 9.98. The number of hydrogen-bond donors (Lipinski definition) is 3. The smallest absolute Gasteiger partial charge is 0.243 e. The van der Waals surface area contributed by atoms with Crippen molar-refractivity contribution in [3.63, 3.8) is 0 Å². The van der Waals surface area contributed by atoms with Gasteiger partial charge >= 0.3 is 0 Å². The van der Waals surface area contributed by atoms with Gasteiger partial charge in [0.25, 0.3) is 0 Å². The molecule has 0 saturated heterocycles. The van der Waals surface area contributed by atoms with Gasteiger partial charge in [-0.1, -0.05) is 69.2 Å². The van der Waals surface area contributed by atoms with E-state index in [9.17, 15) is 23.5 Å². The minimum Gasteiger partial charge on any atom is -0.390 e. The fourth-order valence-electron chi connectivity index (χ4n) is 5.03. The quantitative estimate of drug-likeness (QED) is 0.411. The Morgan fingerprint density at radius 1 is 1.15 bits per heavy atom. The first-order valence-corrected chi connectivity index (χ1v) is 14.4. The molecule has 2 aromatic rings. The van der Waals surface area contributed by atoms with Crippen LogP contribution in [0.4, 0.5) is 8.78 Å². The number of hydrogen-bond acceptors (Lipinski definition) is 5. The number of β-amino-alcohol motifs (C(OH)–C–C–N with tert-alkyl or cyclic N) is 1. The Morgan fingerprint density at radius 3 is 2.54 bits per heavy atom. The van der Waals surface area contributed by atoms with Gasteiger partial charge in [-0.3, -0.25) is 9.59 Å². The number of aliphatic hydroxyl groups excluding tert-OH is 1. The Balaban J connectivity index is 1.89. The average molecular weight is 572 g/mol. The standard InChI is InChI=1S/C32H43F2N3O4/c1-4-5-11-22(2)32(40)37(3)29-14-9-10-15-41-21-28(24-12-7-6-8-13-24)35-20-30(38)27(36-31(29)39)18-23-16-25(33)19-26(34)17-23/h6-10,12-13,16-17,19,22,27-30,35,38H,4-5,11,14-15,18,20-21H2,1-3H3,(H,36,39)/t22-,27-,28-,29?,30+/m0/s1. The summed E-state index contributed by atoms with van der Waals surface area (Å²) >= 11 is 0. The molecule has 3 N–H and O–H groups in total. The normalized spacial score (nSPS) is 23.3. The predicted molar refractivity (Wildman–Crippen MR) is 155 cm³/mol. The monoisotopic (exact) mass is 571 g/mol. The molecule has 0 aliphatic carbocycles. The number of nitrogens with one attached hydrogen (secondary N) is 2. The Labute approximate surface area is 242 Å². The lowest BCUT2D eigenvalue weighted by Crippen LogP contribution is -2.55. The van der Waals surface area contributed by atoms with Crippen molar-refractivity contribution in [2.75, 3.05) is 26.8 Å². The van der Waals surface area contributed by atoms with Crippen LogP contribution in [0.25, 0.3) is 0 Å². The van der Waals surface area contributed by atoms with Gasteiger partial charge < -0.3 is 25.4 Å². The molecule has 1 aliphatic rings. The summed E-state index contributed by atoms with van der Waals surface area (Å²) in [5, 5.41) is 17.5. The van der Waals surface area contributed by atoms with Gasteiger partial charge in [-0.2, -0.15) is 0 Å². The van der Waals surface area contributed by atoms with Gasteiger partial charge in [-0.25, -0.2) is 8.78 Å². The number of benzene rings is 2. The van der Waals surface area contributed by atoms with E-state index >= 15 is 0 Å². The van der Waals surface area contributed by atoms with Crippen LogP contribution in [0.2, 0.25) is 0 Å². The number of rotatable bonds is 8. The highest BCUT2D eigenvalue weighted by molar-refractivity contribution is 5.88. The second kappa shape index (κ2) is 16.3. The topological polar surface area (TPSA) is 90.9 Å². The first kappa shape index (κ1) is 32.4. The number of amides is 2. The third kappa shape index (κ3) is 10.0. The van der Waals surface area contributed by atoms with E-state index in [4.69, 9.17) is 4.74 Å². The summed E-state index contributed by atoms with van der Waals surface area (Å²) in [5.74, 6) is -2.32. The van der Waals surface area contributed by atoms with Crippen molar-refractivity contribution < 1.29 is 28.2 Å². The number of ether oxygens (including phenoxy) is 1. The summed E-state index contributed by atoms with van der Waals surface area (Å²) < 4.78 is 33.9. The molecule has 2 aromatic carbocycles. The second-order valence-corrected chi connectivity index (χ2v) is 10.8. The molecule has 0 aromatic heterocycles. The van der Waals surface area contributed by atoms with Crippen molar-refractivity contribution in [1.29, 1.82) is 0 Å². The van der Waals surface area contributed by atoms with Gasteiger partial charge in [0.2, 0.25) is 11.8 Å². The Morgan fingerprint density at radius 2 is 1.85 bits per heavy atom. The maximum absolute atomic E-state index is 14.0. The summed E-state index contributed by atoms with van der Waals surface area (Å²) in [4.78, 5) is 28.3. The maximum Gasteiger partial charge on any atom is 0.243 e. The summed E-state index contributed by atoms with van der Waals surface area (Å²) in [5.41, 5.74) is 1.27. The number of halogens is 2. The second-order valence-electron chi connectivity index (χ2n) is 10.8. The molecule has 0 fully saturated rings. The number of carbonyl (C=O) groups excluding carboxylic acids is 2. The Bertz CT molecular complexity index is 1130. The van der Waals surface area contributed by atoms with E-state index in [0.717, 1.165) is 30.9 Å². The molecular weight excluding hydrogens is 528 g/mol. The van der Waals surface area contributed by atoms with Crippen LogP contribution < -0.4 is 10.6 Å². The van der Waals surface area contributed by atoms with Crippen LogP contribution in [0.3, 0.4) is 0 Å². The van der Waals surface area contributed by atoms with E-state index in [1.165, 1.54) is 17.0 Å². The zero-order valence-electron chi connectivity index (χ0n) is 24.2. The number of unbranched alkanes of at least 4 members (excludes halogenated alkanes) is 1. The summed E-state index contributed by atoms with van der Waals surface area (Å²) in [6.45, 7) is 4.66. The minimum atomic E-state index is -1.11. The minimum absolute atomic E-state index is 0.0110. The molecular formula is C32H43F2N3O4. The Hall–Kier alpha value is -3.14. The number of nitrogens with zero attached hydrogens (tertiary/aromatic N) is 1. The third-order valence-corrected chi connectivity index (χ3v) is 7.50. The summed E-state index contributed by atoms with van der Waals surface area (Å²) in [7, 11) is 1.61. The fraction of sp³-hybridized carbons (Fsp3) is 0.500. The fourth-order valence-corrected chi connectivity index (χ4v) is 5.03. The molecule has 9 heteroatoms. The van der Waals surface area contributed by atoms with Crippen molar-refractivity contribution in [3.05, 3.63) is 83.4 Å². The predicted octanol–water partition coefficient (Wildman–Crippen LogP) is 4.31. The molecule has 5 atom stereocenters. The van der Waals surface area contributed by atoms with E-state index in [1.807, 2.05) is 49.4 Å². The molecule has 1 unspecified atom stereocenters. The van der Waals surface area contributed by atoms with Gasteiger partial charge in [0, 0.05) is 25.6 Å². The van der Waals surface area contributed by atoms with Crippen LogP contribution in [0, 0.1) is 17.6 Å². The zero-order valence-corrected chi connectivity index (χ0v) is 24.2. The van der Waals surface area contributed by atoms with Crippen LogP contribution in [-0.2, 0) is 20.7 Å². The molecule has 3 rings (SSSR count). The van der Waals surface area contributed by atoms with E-state index in [0.29, 0.717) is 18.8 Å². The molecule has 224 valence electrons. The molecule has 0 bridgehead atoms. The van der Waals surface area contributed by atoms with E-state index < -0.39 is 35.7 Å². The largest absolute Gasteiger partial charge is 0.390 e. The van der Waals surface area contributed by atoms with Gasteiger partial charge in [0.05, 0.1) is 31.4 Å². The van der Waals surface area contributed by atoms with Gasteiger partial charge in [0.1, 0.15) is 17.7 Å². The first-order chi connectivity index (χ1) is 19.7. The van der Waals surface area contributed by atoms with Crippen LogP contribution in [-0.4, -0.2) is 66.8 Å². The first-order valence-electron chi connectivity index (χ1n) is 14.4. The van der Waals surface area contributed by atoms with Crippen LogP contribution >= 0.6 is 0 Å². The highest BCUT2D eigenvalue weighted by Crippen LogP contribution is 2.18. The lowest BCUT2D eigenvalue weighted by molar-refractivity contribution is -0.142. The van der Waals surface area contributed by atoms with Crippen molar-refractivity contribution in [1.82, 2.24) is 15.5 Å². The summed E-state index contributed by atoms with van der Waals surface area (Å²) in [6, 6.07) is 10.9. The molecule has 1 heterocycles. The zero-order chi connectivity index (χ0) is 29.8. The lowest BCUT2D eigenvalue weighted by Gasteiger charge is -2.32. The third-order valence-electron chi connectivity index (χ3n) is 7.50. The molecule has 0 radical (unpaired) electrons. The number of likely N-dealkylation sites (N-methyl/N-ethyl adjacent to an activating group) is 1. The van der Waals surface area contributed by atoms with E-state index in [2.05, 4.69) is 17.6 Å². The van der Waals surface area contributed by atoms with Gasteiger partial charge in [-0.15, -0.1) is 0 Å². The number of carbonyl (C=O) groups is 2. The summed E-state index contributed by atoms with van der Waals surface area (Å²) in [6.07, 6.45) is 5.36. The Kier molecular flexibility index (Phi) is 12.9. The van der Waals surface area contributed by atoms with Crippen molar-refractivity contribution >= 4 is 11.8 Å². The van der Waals surface area contributed by atoms with Crippen LogP contribution in [0.1, 0.15) is 56.7 Å².